The molecular formula is C32H78N8O. The van der Waals surface area contributed by atoms with E-state index in [0.717, 1.165) is 45.1 Å². The van der Waals surface area contributed by atoms with Crippen LogP contribution in [-0.4, -0.2) is 76.2 Å². The third-order valence-corrected chi connectivity index (χ3v) is 7.03. The SMILES string of the molecule is CCCCCCCCCCCCN.CCCN.CCNNCC(C)O.NCC1CCCCN1.NCC1CCNCC1. The number of nitrogens with two attached hydrogens (primary N) is 4. The van der Waals surface area contributed by atoms with Gasteiger partial charge in [0, 0.05) is 25.7 Å². The maximum atomic E-state index is 8.68. The van der Waals surface area contributed by atoms with Gasteiger partial charge in [0.15, 0.2) is 0 Å². The normalized spacial score (nSPS) is 17.3. The van der Waals surface area contributed by atoms with Crippen LogP contribution in [0, 0.1) is 5.92 Å². The van der Waals surface area contributed by atoms with Gasteiger partial charge in [-0.25, -0.2) is 0 Å². The molecule has 2 heterocycles. The summed E-state index contributed by atoms with van der Waals surface area (Å²) >= 11 is 0. The fourth-order valence-electron chi connectivity index (χ4n) is 4.22. The molecule has 2 rings (SSSR count). The van der Waals surface area contributed by atoms with Crippen molar-refractivity contribution in [1.29, 1.82) is 0 Å². The molecule has 0 aliphatic carbocycles. The summed E-state index contributed by atoms with van der Waals surface area (Å²) in [4.78, 5) is 0. The largest absolute Gasteiger partial charge is 0.392 e. The Labute approximate surface area is 256 Å². The molecule has 0 aromatic carbocycles. The third-order valence-electron chi connectivity index (χ3n) is 7.03. The summed E-state index contributed by atoms with van der Waals surface area (Å²) < 4.78 is 0. The second-order valence-electron chi connectivity index (χ2n) is 11.3. The van der Waals surface area contributed by atoms with E-state index >= 15 is 0 Å². The molecule has 41 heavy (non-hydrogen) atoms. The first-order valence-corrected chi connectivity index (χ1v) is 17.3. The van der Waals surface area contributed by atoms with E-state index in [4.69, 9.17) is 28.0 Å². The van der Waals surface area contributed by atoms with Crippen LogP contribution in [0.4, 0.5) is 0 Å². The van der Waals surface area contributed by atoms with E-state index in [2.05, 4.69) is 35.3 Å². The summed E-state index contributed by atoms with van der Waals surface area (Å²) in [5.74, 6) is 0.802. The summed E-state index contributed by atoms with van der Waals surface area (Å²) in [6.45, 7) is 16.4. The topological polar surface area (TPSA) is 172 Å². The minimum Gasteiger partial charge on any atom is -0.392 e. The Morgan fingerprint density at radius 1 is 0.683 bits per heavy atom. The van der Waals surface area contributed by atoms with Crippen molar-refractivity contribution in [1.82, 2.24) is 21.5 Å². The molecule has 0 radical (unpaired) electrons. The van der Waals surface area contributed by atoms with Gasteiger partial charge in [-0.2, -0.15) is 0 Å². The van der Waals surface area contributed by atoms with Crippen molar-refractivity contribution >= 4 is 0 Å². The molecular weight excluding hydrogens is 512 g/mol. The van der Waals surface area contributed by atoms with E-state index in [1.807, 2.05) is 6.92 Å². The molecule has 2 unspecified atom stereocenters. The molecule has 2 aliphatic rings. The minimum absolute atomic E-state index is 0.269. The maximum Gasteiger partial charge on any atom is 0.0650 e. The first-order valence-electron chi connectivity index (χ1n) is 17.3. The number of hydrogen-bond acceptors (Lipinski definition) is 9. The second kappa shape index (κ2) is 41.8. The Balaban J connectivity index is -0.000000459. The first-order chi connectivity index (χ1) is 20.0. The Morgan fingerprint density at radius 3 is 1.59 bits per heavy atom. The van der Waals surface area contributed by atoms with E-state index in [1.165, 1.54) is 116 Å². The zero-order valence-electron chi connectivity index (χ0n) is 28.2. The monoisotopic (exact) mass is 591 g/mol. The van der Waals surface area contributed by atoms with Gasteiger partial charge in [0.1, 0.15) is 0 Å². The van der Waals surface area contributed by atoms with Crippen molar-refractivity contribution in [2.75, 3.05) is 58.9 Å². The molecule has 9 heteroatoms. The van der Waals surface area contributed by atoms with Gasteiger partial charge in [-0.3, -0.25) is 10.9 Å². The molecule has 13 N–H and O–H groups in total. The number of rotatable bonds is 17. The van der Waals surface area contributed by atoms with E-state index in [9.17, 15) is 0 Å². The number of hydrazine groups is 1. The Hall–Kier alpha value is -0.360. The highest BCUT2D eigenvalue weighted by atomic mass is 16.3. The molecule has 2 atom stereocenters. The molecule has 2 saturated heterocycles. The predicted molar refractivity (Wildman–Crippen MR) is 183 cm³/mol. The highest BCUT2D eigenvalue weighted by molar-refractivity contribution is 4.71. The zero-order valence-corrected chi connectivity index (χ0v) is 28.2. The van der Waals surface area contributed by atoms with Crippen LogP contribution in [0.1, 0.15) is 130 Å². The highest BCUT2D eigenvalue weighted by Gasteiger charge is 2.09. The van der Waals surface area contributed by atoms with Crippen molar-refractivity contribution in [3.8, 4) is 0 Å². The van der Waals surface area contributed by atoms with Crippen molar-refractivity contribution in [2.45, 2.75) is 143 Å². The average Bonchev–Trinajstić information content (AvgIpc) is 3.02. The smallest absolute Gasteiger partial charge is 0.0650 e. The van der Waals surface area contributed by atoms with Crippen molar-refractivity contribution in [3.05, 3.63) is 0 Å². The lowest BCUT2D eigenvalue weighted by atomic mass is 9.99. The van der Waals surface area contributed by atoms with E-state index in [0.29, 0.717) is 12.6 Å². The number of aliphatic hydroxyl groups is 1. The summed E-state index contributed by atoms with van der Waals surface area (Å²) in [6.07, 6.45) is 21.3. The van der Waals surface area contributed by atoms with Gasteiger partial charge >= 0.3 is 0 Å². The minimum atomic E-state index is -0.269. The average molecular weight is 591 g/mol. The fourth-order valence-corrected chi connectivity index (χ4v) is 4.22. The molecule has 2 fully saturated rings. The molecule has 2 aliphatic heterocycles. The molecule has 252 valence electrons. The molecule has 0 saturated carbocycles. The standard InChI is InChI=1S/C12H27N.2C6H14N2.C5H14N2O.C3H9N/c1-2-3-4-5-6-7-8-9-10-11-12-13;7-5-6-1-3-8-4-2-6;7-5-6-3-1-2-4-8-6;1-3-6-7-4-5(2)8;1-2-3-4/h2-13H2,1H3;2*6,8H,1-5,7H2;5-8H,3-4H2,1-2H3;2-4H2,1H3. The van der Waals surface area contributed by atoms with Gasteiger partial charge in [0.2, 0.25) is 0 Å². The van der Waals surface area contributed by atoms with Gasteiger partial charge in [-0.1, -0.05) is 85.0 Å². The Morgan fingerprint density at radius 2 is 1.24 bits per heavy atom. The number of hydrogen-bond donors (Lipinski definition) is 9. The van der Waals surface area contributed by atoms with Crippen LogP contribution in [0.15, 0.2) is 0 Å². The zero-order chi connectivity index (χ0) is 31.2. The molecule has 0 amide bonds. The van der Waals surface area contributed by atoms with Crippen LogP contribution in [0.5, 0.6) is 0 Å². The van der Waals surface area contributed by atoms with Gasteiger partial charge in [-0.15, -0.1) is 0 Å². The molecule has 0 bridgehead atoms. The number of nitrogens with one attached hydrogen (secondary N) is 4. The number of piperidine rings is 2. The molecule has 0 aromatic rings. The highest BCUT2D eigenvalue weighted by Crippen LogP contribution is 2.10. The first kappa shape index (κ1) is 45.1. The number of aliphatic hydroxyl groups excluding tert-OH is 1. The Bertz CT molecular complexity index is 391. The van der Waals surface area contributed by atoms with Gasteiger partial charge < -0.3 is 38.7 Å². The van der Waals surface area contributed by atoms with Crippen LogP contribution in [0.25, 0.3) is 0 Å². The van der Waals surface area contributed by atoms with E-state index in [-0.39, 0.29) is 6.10 Å². The lowest BCUT2D eigenvalue weighted by molar-refractivity contribution is 0.185. The quantitative estimate of drug-likeness (QED) is 0.0903. The molecule has 9 nitrogen and oxygen atoms in total. The second-order valence-corrected chi connectivity index (χ2v) is 11.3. The van der Waals surface area contributed by atoms with Crippen LogP contribution >= 0.6 is 0 Å². The lowest BCUT2D eigenvalue weighted by Crippen LogP contribution is -2.39. The summed E-state index contributed by atoms with van der Waals surface area (Å²) in [5, 5.41) is 15.3. The summed E-state index contributed by atoms with van der Waals surface area (Å²) in [7, 11) is 0. The predicted octanol–water partition coefficient (Wildman–Crippen LogP) is 3.73. The van der Waals surface area contributed by atoms with Gasteiger partial charge in [0.25, 0.3) is 0 Å². The molecule has 0 aromatic heterocycles. The van der Waals surface area contributed by atoms with Crippen LogP contribution in [0.2, 0.25) is 0 Å². The van der Waals surface area contributed by atoms with Crippen molar-refractivity contribution in [3.63, 3.8) is 0 Å². The van der Waals surface area contributed by atoms with Crippen LogP contribution in [-0.2, 0) is 0 Å². The number of unbranched alkanes of at least 4 members (excludes halogenated alkanes) is 9. The molecule has 0 spiro atoms. The Kier molecular flexibility index (Phi) is 45.9. The van der Waals surface area contributed by atoms with E-state index in [1.54, 1.807) is 6.92 Å². The van der Waals surface area contributed by atoms with Gasteiger partial charge in [0.05, 0.1) is 6.10 Å². The lowest BCUT2D eigenvalue weighted by Gasteiger charge is -2.21. The summed E-state index contributed by atoms with van der Waals surface area (Å²) in [6, 6.07) is 0.615. The fraction of sp³-hybridized carbons (Fsp3) is 1.00. The van der Waals surface area contributed by atoms with E-state index < -0.39 is 0 Å². The third kappa shape index (κ3) is 44.2. The van der Waals surface area contributed by atoms with Crippen LogP contribution < -0.4 is 44.4 Å². The summed E-state index contributed by atoms with van der Waals surface area (Å²) in [5.41, 5.74) is 27.1. The van der Waals surface area contributed by atoms with Gasteiger partial charge in [-0.05, 0) is 90.6 Å². The van der Waals surface area contributed by atoms with Crippen molar-refractivity contribution in [2.24, 2.45) is 28.9 Å². The maximum absolute atomic E-state index is 8.68. The van der Waals surface area contributed by atoms with Crippen molar-refractivity contribution < 1.29 is 5.11 Å². The van der Waals surface area contributed by atoms with Crippen LogP contribution in [0.3, 0.4) is 0 Å².